The van der Waals surface area contributed by atoms with Crippen LogP contribution in [0.1, 0.15) is 18.9 Å². The second kappa shape index (κ2) is 4.64. The predicted molar refractivity (Wildman–Crippen MR) is 67.1 cm³/mol. The van der Waals surface area contributed by atoms with Crippen molar-refractivity contribution in [1.29, 1.82) is 5.26 Å². The van der Waals surface area contributed by atoms with Crippen LogP contribution in [-0.2, 0) is 0 Å². The van der Waals surface area contributed by atoms with Crippen molar-refractivity contribution in [2.45, 2.75) is 25.5 Å². The van der Waals surface area contributed by atoms with Crippen LogP contribution < -0.4 is 15.4 Å². The number of ether oxygens (including phenoxy) is 1. The van der Waals surface area contributed by atoms with E-state index in [4.69, 9.17) is 15.7 Å². The highest BCUT2D eigenvalue weighted by Crippen LogP contribution is 2.36. The van der Waals surface area contributed by atoms with E-state index < -0.39 is 0 Å². The Hall–Kier alpha value is -1.73. The zero-order valence-corrected chi connectivity index (χ0v) is 10.2. The van der Waals surface area contributed by atoms with Gasteiger partial charge in [0.15, 0.2) is 0 Å². The van der Waals surface area contributed by atoms with E-state index in [0.29, 0.717) is 12.1 Å². The van der Waals surface area contributed by atoms with Gasteiger partial charge in [-0.25, -0.2) is 0 Å². The largest absolute Gasteiger partial charge is 0.486 e. The number of hydrogen-bond acceptors (Lipinski definition) is 4. The van der Waals surface area contributed by atoms with Gasteiger partial charge in [-0.2, -0.15) is 5.26 Å². The maximum atomic E-state index is 8.90. The zero-order valence-electron chi connectivity index (χ0n) is 10.2. The van der Waals surface area contributed by atoms with Crippen LogP contribution in [0.3, 0.4) is 0 Å². The Bertz CT molecular complexity index is 452. The normalized spacial score (nSPS) is 22.6. The standard InChI is InChI=1S/C13H17N3O/c1-9-12(5-6-14)17-13-4-3-10(8-15)7-11(13)16(9)2/h3-4,7,9,12H,5-6,14H2,1-2H3. The van der Waals surface area contributed by atoms with Crippen molar-refractivity contribution in [2.75, 3.05) is 18.5 Å². The Kier molecular flexibility index (Phi) is 3.21. The summed E-state index contributed by atoms with van der Waals surface area (Å²) in [6.45, 7) is 2.73. The van der Waals surface area contributed by atoms with Crippen molar-refractivity contribution in [2.24, 2.45) is 5.73 Å². The van der Waals surface area contributed by atoms with Gasteiger partial charge in [0.05, 0.1) is 23.4 Å². The number of nitrogens with two attached hydrogens (primary N) is 1. The van der Waals surface area contributed by atoms with E-state index in [1.54, 1.807) is 6.07 Å². The lowest BCUT2D eigenvalue weighted by Gasteiger charge is -2.39. The first-order chi connectivity index (χ1) is 8.17. The first-order valence-electron chi connectivity index (χ1n) is 5.81. The zero-order chi connectivity index (χ0) is 12.4. The van der Waals surface area contributed by atoms with Gasteiger partial charge < -0.3 is 15.4 Å². The first kappa shape index (κ1) is 11.7. The van der Waals surface area contributed by atoms with Gasteiger partial charge in [0.25, 0.3) is 0 Å². The van der Waals surface area contributed by atoms with Crippen LogP contribution in [0.4, 0.5) is 5.69 Å². The summed E-state index contributed by atoms with van der Waals surface area (Å²) >= 11 is 0. The highest BCUT2D eigenvalue weighted by atomic mass is 16.5. The number of nitrogens with zero attached hydrogens (tertiary/aromatic N) is 2. The third kappa shape index (κ3) is 2.06. The molecule has 2 unspecified atom stereocenters. The number of benzene rings is 1. The molecule has 0 aromatic heterocycles. The van der Waals surface area contributed by atoms with E-state index in [2.05, 4.69) is 17.9 Å². The lowest BCUT2D eigenvalue weighted by Crippen LogP contribution is -2.46. The molecule has 1 aromatic rings. The second-order valence-electron chi connectivity index (χ2n) is 4.38. The average molecular weight is 231 g/mol. The van der Waals surface area contributed by atoms with Gasteiger partial charge in [0.2, 0.25) is 0 Å². The molecule has 0 fully saturated rings. The van der Waals surface area contributed by atoms with Crippen LogP contribution in [0.2, 0.25) is 0 Å². The van der Waals surface area contributed by atoms with E-state index in [0.717, 1.165) is 17.9 Å². The fourth-order valence-electron chi connectivity index (χ4n) is 2.16. The quantitative estimate of drug-likeness (QED) is 0.837. The number of hydrogen-bond donors (Lipinski definition) is 1. The van der Waals surface area contributed by atoms with Gasteiger partial charge in [-0.3, -0.25) is 0 Å². The Morgan fingerprint density at radius 2 is 2.29 bits per heavy atom. The van der Waals surface area contributed by atoms with Gasteiger partial charge in [-0.05, 0) is 38.1 Å². The summed E-state index contributed by atoms with van der Waals surface area (Å²) in [5, 5.41) is 8.90. The molecular formula is C13H17N3O. The van der Waals surface area contributed by atoms with E-state index in [1.165, 1.54) is 0 Å². The molecule has 0 spiro atoms. The molecule has 0 amide bonds. The van der Waals surface area contributed by atoms with Crippen molar-refractivity contribution in [3.8, 4) is 11.8 Å². The Balaban J connectivity index is 2.35. The van der Waals surface area contributed by atoms with Gasteiger partial charge in [0, 0.05) is 7.05 Å². The first-order valence-corrected chi connectivity index (χ1v) is 5.81. The molecule has 1 aliphatic rings. The molecule has 0 saturated carbocycles. The van der Waals surface area contributed by atoms with Gasteiger partial charge in [0.1, 0.15) is 11.9 Å². The number of rotatable bonds is 2. The van der Waals surface area contributed by atoms with E-state index in [9.17, 15) is 0 Å². The van der Waals surface area contributed by atoms with E-state index in [1.807, 2.05) is 19.2 Å². The summed E-state index contributed by atoms with van der Waals surface area (Å²) in [5.41, 5.74) is 7.22. The van der Waals surface area contributed by atoms with Gasteiger partial charge in [-0.1, -0.05) is 0 Å². The lowest BCUT2D eigenvalue weighted by atomic mass is 10.0. The van der Waals surface area contributed by atoms with Crippen LogP contribution in [0.25, 0.3) is 0 Å². The molecule has 2 N–H and O–H groups in total. The van der Waals surface area contributed by atoms with Crippen LogP contribution in [0.15, 0.2) is 18.2 Å². The summed E-state index contributed by atoms with van der Waals surface area (Å²) in [6.07, 6.45) is 0.954. The summed E-state index contributed by atoms with van der Waals surface area (Å²) in [6, 6.07) is 7.92. The third-order valence-electron chi connectivity index (χ3n) is 3.35. The predicted octanol–water partition coefficient (Wildman–Crippen LogP) is 1.49. The topological polar surface area (TPSA) is 62.3 Å². The van der Waals surface area contributed by atoms with Crippen LogP contribution in [0, 0.1) is 11.3 Å². The third-order valence-corrected chi connectivity index (χ3v) is 3.35. The van der Waals surface area contributed by atoms with Crippen molar-refractivity contribution < 1.29 is 4.74 Å². The number of likely N-dealkylation sites (N-methyl/N-ethyl adjacent to an activating group) is 1. The molecule has 2 rings (SSSR count). The molecule has 0 saturated heterocycles. The molecule has 0 aliphatic carbocycles. The van der Waals surface area contributed by atoms with Crippen LogP contribution in [-0.4, -0.2) is 25.7 Å². The molecule has 1 heterocycles. The van der Waals surface area contributed by atoms with Crippen LogP contribution in [0.5, 0.6) is 5.75 Å². The summed E-state index contributed by atoms with van der Waals surface area (Å²) in [5.74, 6) is 0.836. The molecule has 90 valence electrons. The van der Waals surface area contributed by atoms with E-state index >= 15 is 0 Å². The molecule has 0 bridgehead atoms. The Morgan fingerprint density at radius 1 is 1.53 bits per heavy atom. The summed E-state index contributed by atoms with van der Waals surface area (Å²) in [4.78, 5) is 2.15. The molecule has 2 atom stereocenters. The maximum Gasteiger partial charge on any atom is 0.143 e. The van der Waals surface area contributed by atoms with Crippen molar-refractivity contribution in [1.82, 2.24) is 0 Å². The highest BCUT2D eigenvalue weighted by molar-refractivity contribution is 5.63. The number of anilines is 1. The monoisotopic (exact) mass is 231 g/mol. The van der Waals surface area contributed by atoms with Crippen molar-refractivity contribution >= 4 is 5.69 Å². The lowest BCUT2D eigenvalue weighted by molar-refractivity contribution is 0.154. The van der Waals surface area contributed by atoms with Crippen molar-refractivity contribution in [3.63, 3.8) is 0 Å². The fraction of sp³-hybridized carbons (Fsp3) is 0.462. The second-order valence-corrected chi connectivity index (χ2v) is 4.38. The SMILES string of the molecule is CC1C(CCN)Oc2ccc(C#N)cc2N1C. The summed E-state index contributed by atoms with van der Waals surface area (Å²) < 4.78 is 5.92. The Morgan fingerprint density at radius 3 is 2.94 bits per heavy atom. The van der Waals surface area contributed by atoms with Crippen molar-refractivity contribution in [3.05, 3.63) is 23.8 Å². The fourth-order valence-corrected chi connectivity index (χ4v) is 2.16. The number of fused-ring (bicyclic) bond motifs is 1. The molecule has 1 aromatic carbocycles. The van der Waals surface area contributed by atoms with Gasteiger partial charge >= 0.3 is 0 Å². The smallest absolute Gasteiger partial charge is 0.143 e. The number of nitriles is 1. The highest BCUT2D eigenvalue weighted by Gasteiger charge is 2.30. The van der Waals surface area contributed by atoms with E-state index in [-0.39, 0.29) is 12.1 Å². The molecule has 1 aliphatic heterocycles. The Labute approximate surface area is 102 Å². The van der Waals surface area contributed by atoms with Crippen LogP contribution >= 0.6 is 0 Å². The summed E-state index contributed by atoms with van der Waals surface area (Å²) in [7, 11) is 2.02. The molecular weight excluding hydrogens is 214 g/mol. The van der Waals surface area contributed by atoms with Gasteiger partial charge in [-0.15, -0.1) is 0 Å². The molecule has 17 heavy (non-hydrogen) atoms. The minimum absolute atomic E-state index is 0.116. The minimum Gasteiger partial charge on any atom is -0.486 e. The minimum atomic E-state index is 0.116. The molecule has 4 heteroatoms. The molecule has 4 nitrogen and oxygen atoms in total. The average Bonchev–Trinajstić information content (AvgIpc) is 2.35. The maximum absolute atomic E-state index is 8.90. The molecule has 0 radical (unpaired) electrons.